The number of imidazole rings is 1. The molecular weight excluding hydrogens is 294 g/mol. The Morgan fingerprint density at radius 3 is 3.13 bits per heavy atom. The van der Waals surface area contributed by atoms with Crippen LogP contribution in [0.4, 0.5) is 0 Å². The van der Waals surface area contributed by atoms with E-state index < -0.39 is 0 Å². The summed E-state index contributed by atoms with van der Waals surface area (Å²) in [6.45, 7) is 3.95. The van der Waals surface area contributed by atoms with Crippen LogP contribution in [0.3, 0.4) is 0 Å². The van der Waals surface area contributed by atoms with E-state index in [2.05, 4.69) is 9.55 Å². The molecule has 122 valence electrons. The van der Waals surface area contributed by atoms with Crippen LogP contribution in [0.5, 0.6) is 0 Å². The Balaban J connectivity index is 1.49. The highest BCUT2D eigenvalue weighted by Gasteiger charge is 2.45. The molecule has 2 atom stereocenters. The van der Waals surface area contributed by atoms with Crippen molar-refractivity contribution in [2.45, 2.75) is 37.8 Å². The van der Waals surface area contributed by atoms with Crippen LogP contribution in [-0.4, -0.2) is 45.7 Å². The molecule has 4 heterocycles. The van der Waals surface area contributed by atoms with Crippen LogP contribution in [-0.2, 0) is 4.74 Å². The molecule has 6 heteroatoms. The van der Waals surface area contributed by atoms with Crippen molar-refractivity contribution in [2.75, 3.05) is 19.7 Å². The van der Waals surface area contributed by atoms with Gasteiger partial charge in [-0.3, -0.25) is 4.79 Å². The average Bonchev–Trinajstić information content (AvgIpc) is 3.28. The van der Waals surface area contributed by atoms with Gasteiger partial charge in [0.1, 0.15) is 5.76 Å². The molecule has 2 aliphatic rings. The number of likely N-dealkylation sites (tertiary alicyclic amines) is 1. The summed E-state index contributed by atoms with van der Waals surface area (Å²) in [5.41, 5.74) is 0.437. The first kappa shape index (κ1) is 14.5. The van der Waals surface area contributed by atoms with Crippen molar-refractivity contribution in [2.24, 2.45) is 0 Å². The van der Waals surface area contributed by atoms with Crippen LogP contribution < -0.4 is 0 Å². The van der Waals surface area contributed by atoms with Gasteiger partial charge in [-0.05, 0) is 25.8 Å². The molecule has 23 heavy (non-hydrogen) atoms. The van der Waals surface area contributed by atoms with Gasteiger partial charge >= 0.3 is 0 Å². The second-order valence-electron chi connectivity index (χ2n) is 6.58. The van der Waals surface area contributed by atoms with Gasteiger partial charge < -0.3 is 18.6 Å². The molecule has 0 saturated carbocycles. The predicted molar refractivity (Wildman–Crippen MR) is 83.1 cm³/mol. The number of carbonyl (C=O) groups excluding carboxylic acids is 1. The first-order valence-corrected chi connectivity index (χ1v) is 8.12. The molecule has 1 amide bonds. The second-order valence-corrected chi connectivity index (χ2v) is 6.58. The van der Waals surface area contributed by atoms with Crippen LogP contribution in [0, 0.1) is 6.92 Å². The number of ether oxygens (including phenoxy) is 1. The summed E-state index contributed by atoms with van der Waals surface area (Å²) in [7, 11) is 0. The van der Waals surface area contributed by atoms with Crippen molar-refractivity contribution < 1.29 is 13.9 Å². The Kier molecular flexibility index (Phi) is 3.49. The van der Waals surface area contributed by atoms with E-state index in [0.29, 0.717) is 30.5 Å². The molecule has 0 N–H and O–H groups in total. The lowest BCUT2D eigenvalue weighted by atomic mass is 9.88. The van der Waals surface area contributed by atoms with Gasteiger partial charge in [-0.2, -0.15) is 0 Å². The van der Waals surface area contributed by atoms with E-state index in [4.69, 9.17) is 9.15 Å². The molecule has 2 saturated heterocycles. The third-order valence-electron chi connectivity index (χ3n) is 5.05. The summed E-state index contributed by atoms with van der Waals surface area (Å²) in [6, 6.07) is 2.06. The van der Waals surface area contributed by atoms with E-state index in [1.165, 1.54) is 0 Å². The van der Waals surface area contributed by atoms with E-state index in [-0.39, 0.29) is 11.5 Å². The summed E-state index contributed by atoms with van der Waals surface area (Å²) in [4.78, 5) is 18.8. The topological polar surface area (TPSA) is 60.5 Å². The molecule has 2 fully saturated rings. The van der Waals surface area contributed by atoms with Crippen LogP contribution in [0.2, 0.25) is 0 Å². The summed E-state index contributed by atoms with van der Waals surface area (Å²) in [6.07, 6.45) is 10.1. The highest BCUT2D eigenvalue weighted by atomic mass is 16.5. The highest BCUT2D eigenvalue weighted by Crippen LogP contribution is 2.39. The predicted octanol–water partition coefficient (Wildman–Crippen LogP) is 2.42. The van der Waals surface area contributed by atoms with Crippen molar-refractivity contribution in [3.63, 3.8) is 0 Å². The van der Waals surface area contributed by atoms with Crippen molar-refractivity contribution >= 4 is 5.91 Å². The normalized spacial score (nSPS) is 27.7. The summed E-state index contributed by atoms with van der Waals surface area (Å²) >= 11 is 0. The second kappa shape index (κ2) is 5.53. The molecular formula is C17H21N3O3. The van der Waals surface area contributed by atoms with Crippen molar-refractivity contribution in [1.82, 2.24) is 14.5 Å². The van der Waals surface area contributed by atoms with Gasteiger partial charge in [-0.25, -0.2) is 4.98 Å². The molecule has 2 unspecified atom stereocenters. The Morgan fingerprint density at radius 1 is 1.48 bits per heavy atom. The first-order valence-electron chi connectivity index (χ1n) is 8.12. The van der Waals surface area contributed by atoms with E-state index >= 15 is 0 Å². The van der Waals surface area contributed by atoms with E-state index in [9.17, 15) is 4.79 Å². The van der Waals surface area contributed by atoms with Gasteiger partial charge in [0.25, 0.3) is 5.91 Å². The summed E-state index contributed by atoms with van der Waals surface area (Å²) in [5, 5.41) is 0. The highest BCUT2D eigenvalue weighted by molar-refractivity contribution is 5.95. The zero-order valence-corrected chi connectivity index (χ0v) is 13.3. The van der Waals surface area contributed by atoms with Gasteiger partial charge in [0.2, 0.25) is 0 Å². The molecule has 1 spiro atoms. The minimum absolute atomic E-state index is 0.0463. The number of hydrogen-bond acceptors (Lipinski definition) is 4. The van der Waals surface area contributed by atoms with Gasteiger partial charge in [0.15, 0.2) is 0 Å². The molecule has 2 aromatic rings. The SMILES string of the molecule is Cc1occc1C(=O)N1CCCC2(CC(n3ccnc3)CO2)C1. The lowest BCUT2D eigenvalue weighted by molar-refractivity contribution is -0.0449. The van der Waals surface area contributed by atoms with E-state index in [1.807, 2.05) is 24.3 Å². The van der Waals surface area contributed by atoms with Gasteiger partial charge in [0, 0.05) is 25.4 Å². The lowest BCUT2D eigenvalue weighted by Gasteiger charge is -2.39. The maximum atomic E-state index is 12.7. The quantitative estimate of drug-likeness (QED) is 0.854. The van der Waals surface area contributed by atoms with Gasteiger partial charge in [-0.15, -0.1) is 0 Å². The number of furan rings is 1. The van der Waals surface area contributed by atoms with Crippen molar-refractivity contribution in [3.05, 3.63) is 42.4 Å². The number of amides is 1. The zero-order valence-electron chi connectivity index (χ0n) is 13.3. The first-order chi connectivity index (χ1) is 11.2. The third kappa shape index (κ3) is 2.57. The van der Waals surface area contributed by atoms with Crippen LogP contribution in [0.25, 0.3) is 0 Å². The Labute approximate surface area is 135 Å². The number of nitrogens with zero attached hydrogens (tertiary/aromatic N) is 3. The number of carbonyl (C=O) groups is 1. The van der Waals surface area contributed by atoms with Crippen molar-refractivity contribution in [3.8, 4) is 0 Å². The maximum absolute atomic E-state index is 12.7. The molecule has 2 aliphatic heterocycles. The zero-order chi connectivity index (χ0) is 15.9. The number of hydrogen-bond donors (Lipinski definition) is 0. The monoisotopic (exact) mass is 315 g/mol. The maximum Gasteiger partial charge on any atom is 0.257 e. The fourth-order valence-electron chi connectivity index (χ4n) is 3.83. The Bertz CT molecular complexity index is 694. The van der Waals surface area contributed by atoms with E-state index in [0.717, 1.165) is 25.8 Å². The fraction of sp³-hybridized carbons (Fsp3) is 0.529. The van der Waals surface area contributed by atoms with Crippen molar-refractivity contribution in [1.29, 1.82) is 0 Å². The Hall–Kier alpha value is -2.08. The minimum atomic E-state index is -0.222. The number of aromatic nitrogens is 2. The van der Waals surface area contributed by atoms with Gasteiger partial charge in [0.05, 0.1) is 42.9 Å². The number of piperidine rings is 1. The third-order valence-corrected chi connectivity index (χ3v) is 5.05. The largest absolute Gasteiger partial charge is 0.469 e. The smallest absolute Gasteiger partial charge is 0.257 e. The number of rotatable bonds is 2. The Morgan fingerprint density at radius 2 is 2.39 bits per heavy atom. The summed E-state index contributed by atoms with van der Waals surface area (Å²) in [5.74, 6) is 0.725. The van der Waals surface area contributed by atoms with Crippen LogP contribution in [0.15, 0.2) is 35.5 Å². The molecule has 0 radical (unpaired) electrons. The van der Waals surface area contributed by atoms with Gasteiger partial charge in [-0.1, -0.05) is 0 Å². The molecule has 6 nitrogen and oxygen atoms in total. The molecule has 0 aromatic carbocycles. The minimum Gasteiger partial charge on any atom is -0.469 e. The standard InChI is InChI=1S/C17H21N3O3/c1-13-15(3-8-22-13)16(21)19-6-2-4-17(11-19)9-14(10-23-17)20-7-5-18-12-20/h3,5,7-8,12,14H,2,4,6,9-11H2,1H3. The lowest BCUT2D eigenvalue weighted by Crippen LogP contribution is -2.50. The van der Waals surface area contributed by atoms with Crippen LogP contribution in [0.1, 0.15) is 41.4 Å². The molecule has 4 rings (SSSR count). The van der Waals surface area contributed by atoms with E-state index in [1.54, 1.807) is 18.5 Å². The number of aryl methyl sites for hydroxylation is 1. The molecule has 2 aromatic heterocycles. The molecule has 0 bridgehead atoms. The average molecular weight is 315 g/mol. The fourth-order valence-corrected chi connectivity index (χ4v) is 3.83. The van der Waals surface area contributed by atoms with Crippen LogP contribution >= 0.6 is 0 Å². The summed E-state index contributed by atoms with van der Waals surface area (Å²) < 4.78 is 13.6. The molecule has 0 aliphatic carbocycles.